The number of rotatable bonds is 7. The van der Waals surface area contributed by atoms with E-state index in [2.05, 4.69) is 0 Å². The normalized spacial score (nSPS) is 13.1. The van der Waals surface area contributed by atoms with Gasteiger partial charge in [0.05, 0.1) is 16.7 Å². The van der Waals surface area contributed by atoms with Gasteiger partial charge in [-0.25, -0.2) is 0 Å². The molecule has 0 fully saturated rings. The van der Waals surface area contributed by atoms with Crippen LogP contribution < -0.4 is 5.14 Å². The number of benzene rings is 2. The van der Waals surface area contributed by atoms with Gasteiger partial charge in [0.25, 0.3) is 0 Å². The second kappa shape index (κ2) is 9.00. The number of aliphatic hydroxyl groups excluding tert-OH is 1. The Bertz CT molecular complexity index is 739. The van der Waals surface area contributed by atoms with Crippen LogP contribution in [0.25, 0.3) is 0 Å². The van der Waals surface area contributed by atoms with Crippen LogP contribution in [0.3, 0.4) is 0 Å². The minimum atomic E-state index is -1.43. The van der Waals surface area contributed by atoms with Crippen molar-refractivity contribution >= 4 is 46.3 Å². The van der Waals surface area contributed by atoms with Crippen LogP contribution in [0.4, 0.5) is 0 Å². The first-order chi connectivity index (χ1) is 11.8. The highest BCUT2D eigenvalue weighted by Crippen LogP contribution is 2.40. The van der Waals surface area contributed by atoms with Crippen LogP contribution in [0.2, 0.25) is 10.0 Å². The maximum absolute atomic E-state index is 11.7. The van der Waals surface area contributed by atoms with Crippen LogP contribution in [0.5, 0.6) is 0 Å². The SMILES string of the molecule is CC(C)(CCc1c(Sc2ccccc2CO)ccc(Cl)c1Cl)[S+](N)[O-]. The molecule has 0 aliphatic heterocycles. The molecule has 0 heterocycles. The van der Waals surface area contributed by atoms with Gasteiger partial charge in [-0.15, -0.1) is 0 Å². The van der Waals surface area contributed by atoms with Gasteiger partial charge in [0, 0.05) is 27.6 Å². The van der Waals surface area contributed by atoms with Crippen LogP contribution in [0.15, 0.2) is 46.2 Å². The number of aliphatic hydroxyl groups is 1. The van der Waals surface area contributed by atoms with Crippen molar-refractivity contribution in [3.63, 3.8) is 0 Å². The van der Waals surface area contributed by atoms with Gasteiger partial charge in [0.15, 0.2) is 0 Å². The molecule has 1 unspecified atom stereocenters. The third-order valence-corrected chi connectivity index (χ3v) is 7.40. The lowest BCUT2D eigenvalue weighted by Gasteiger charge is -2.25. The highest BCUT2D eigenvalue weighted by molar-refractivity contribution is 7.99. The summed E-state index contributed by atoms with van der Waals surface area (Å²) in [5.41, 5.74) is 1.76. The molecule has 3 nitrogen and oxygen atoms in total. The van der Waals surface area contributed by atoms with E-state index in [0.717, 1.165) is 20.9 Å². The summed E-state index contributed by atoms with van der Waals surface area (Å²) in [4.78, 5) is 1.93. The third-order valence-electron chi connectivity index (χ3n) is 4.04. The molecule has 136 valence electrons. The standard InChI is InChI=1S/C18H21Cl2NO2S2/c1-18(2,25(21)23)10-9-13-16(8-7-14(19)17(13)20)24-15-6-4-3-5-12(15)11-22/h3-8,22H,9-11,21H2,1-2H3. The molecule has 1 atom stereocenters. The predicted molar refractivity (Wildman–Crippen MR) is 108 cm³/mol. The average molecular weight is 418 g/mol. The molecule has 0 saturated heterocycles. The zero-order chi connectivity index (χ0) is 18.6. The predicted octanol–water partition coefficient (Wildman–Crippen LogP) is 4.97. The molecular weight excluding hydrogens is 397 g/mol. The van der Waals surface area contributed by atoms with Crippen LogP contribution in [0, 0.1) is 0 Å². The van der Waals surface area contributed by atoms with E-state index in [1.807, 2.05) is 44.2 Å². The van der Waals surface area contributed by atoms with Gasteiger partial charge in [-0.1, -0.05) is 53.2 Å². The van der Waals surface area contributed by atoms with Crippen LogP contribution in [-0.2, 0) is 24.4 Å². The minimum Gasteiger partial charge on any atom is -0.598 e. The van der Waals surface area contributed by atoms with Crippen molar-refractivity contribution in [1.82, 2.24) is 0 Å². The maximum atomic E-state index is 11.7. The monoisotopic (exact) mass is 417 g/mol. The zero-order valence-corrected chi connectivity index (χ0v) is 17.2. The van der Waals surface area contributed by atoms with Gasteiger partial charge < -0.3 is 9.66 Å². The summed E-state index contributed by atoms with van der Waals surface area (Å²) in [6.07, 6.45) is 1.23. The highest BCUT2D eigenvalue weighted by atomic mass is 35.5. The average Bonchev–Trinajstić information content (AvgIpc) is 2.58. The Morgan fingerprint density at radius 1 is 1.16 bits per heavy atom. The lowest BCUT2D eigenvalue weighted by atomic mass is 10.0. The van der Waals surface area contributed by atoms with Gasteiger partial charge in [-0.2, -0.15) is 5.14 Å². The van der Waals surface area contributed by atoms with E-state index >= 15 is 0 Å². The molecule has 0 amide bonds. The summed E-state index contributed by atoms with van der Waals surface area (Å²) < 4.78 is 11.2. The Labute approximate surface area is 166 Å². The molecule has 0 spiro atoms. The number of nitrogens with two attached hydrogens (primary N) is 1. The molecule has 0 saturated carbocycles. The van der Waals surface area contributed by atoms with Crippen molar-refractivity contribution in [2.24, 2.45) is 5.14 Å². The Kier molecular flexibility index (Phi) is 7.52. The molecule has 2 rings (SSSR count). The van der Waals surface area contributed by atoms with Crippen molar-refractivity contribution in [3.05, 3.63) is 57.6 Å². The first-order valence-corrected chi connectivity index (χ1v) is 10.5. The van der Waals surface area contributed by atoms with Crippen molar-refractivity contribution < 1.29 is 9.66 Å². The first-order valence-electron chi connectivity index (χ1n) is 7.76. The van der Waals surface area contributed by atoms with E-state index < -0.39 is 16.1 Å². The van der Waals surface area contributed by atoms with Gasteiger partial charge in [0.1, 0.15) is 4.75 Å². The molecule has 0 aliphatic rings. The van der Waals surface area contributed by atoms with Crippen molar-refractivity contribution in [2.45, 2.75) is 47.8 Å². The fraction of sp³-hybridized carbons (Fsp3) is 0.333. The summed E-state index contributed by atoms with van der Waals surface area (Å²) in [7, 11) is 0. The van der Waals surface area contributed by atoms with Gasteiger partial charge in [-0.3, -0.25) is 0 Å². The van der Waals surface area contributed by atoms with Crippen LogP contribution >= 0.6 is 35.0 Å². The topological polar surface area (TPSA) is 69.3 Å². The molecule has 3 N–H and O–H groups in total. The quantitative estimate of drug-likeness (QED) is 0.623. The van der Waals surface area contributed by atoms with Crippen molar-refractivity contribution in [2.75, 3.05) is 0 Å². The van der Waals surface area contributed by atoms with E-state index in [0.29, 0.717) is 22.9 Å². The first kappa shape index (κ1) is 20.9. The molecule has 0 aliphatic carbocycles. The number of halogens is 2. The Balaban J connectivity index is 2.34. The van der Waals surface area contributed by atoms with Gasteiger partial charge >= 0.3 is 0 Å². The van der Waals surface area contributed by atoms with Crippen LogP contribution in [-0.4, -0.2) is 14.4 Å². The summed E-state index contributed by atoms with van der Waals surface area (Å²) in [6, 6.07) is 11.4. The van der Waals surface area contributed by atoms with Crippen LogP contribution in [0.1, 0.15) is 31.4 Å². The Morgan fingerprint density at radius 3 is 2.48 bits per heavy atom. The van der Waals surface area contributed by atoms with E-state index in [1.165, 1.54) is 11.8 Å². The summed E-state index contributed by atoms with van der Waals surface area (Å²) >= 11 is 12.7. The molecule has 2 aromatic rings. The van der Waals surface area contributed by atoms with E-state index in [9.17, 15) is 9.66 Å². The van der Waals surface area contributed by atoms with Crippen molar-refractivity contribution in [1.29, 1.82) is 0 Å². The van der Waals surface area contributed by atoms with E-state index in [1.54, 1.807) is 6.07 Å². The molecule has 0 aromatic heterocycles. The maximum Gasteiger partial charge on any atom is 0.139 e. The lowest BCUT2D eigenvalue weighted by molar-refractivity contribution is 0.279. The van der Waals surface area contributed by atoms with E-state index in [-0.39, 0.29) is 6.61 Å². The summed E-state index contributed by atoms with van der Waals surface area (Å²) in [6.45, 7) is 3.71. The fourth-order valence-electron chi connectivity index (χ4n) is 2.28. The molecule has 2 aromatic carbocycles. The smallest absolute Gasteiger partial charge is 0.139 e. The second-order valence-electron chi connectivity index (χ2n) is 6.26. The lowest BCUT2D eigenvalue weighted by Crippen LogP contribution is -2.38. The summed E-state index contributed by atoms with van der Waals surface area (Å²) in [5, 5.41) is 16.1. The fourth-order valence-corrected chi connectivity index (χ4v) is 4.19. The highest BCUT2D eigenvalue weighted by Gasteiger charge is 2.30. The number of hydrogen-bond donors (Lipinski definition) is 2. The Hall–Kier alpha value is -0.400. The van der Waals surface area contributed by atoms with Crippen molar-refractivity contribution in [3.8, 4) is 0 Å². The Morgan fingerprint density at radius 2 is 1.84 bits per heavy atom. The summed E-state index contributed by atoms with van der Waals surface area (Å²) in [5.74, 6) is 0. The molecule has 0 radical (unpaired) electrons. The zero-order valence-electron chi connectivity index (χ0n) is 14.1. The van der Waals surface area contributed by atoms with E-state index in [4.69, 9.17) is 28.3 Å². The molecule has 0 bridgehead atoms. The second-order valence-corrected chi connectivity index (χ2v) is 9.83. The molecule has 25 heavy (non-hydrogen) atoms. The molecule has 7 heteroatoms. The minimum absolute atomic E-state index is 0.0288. The third kappa shape index (κ3) is 5.30. The number of hydrogen-bond acceptors (Lipinski definition) is 4. The molecular formula is C18H21Cl2NO2S2. The largest absolute Gasteiger partial charge is 0.598 e. The van der Waals surface area contributed by atoms with Gasteiger partial charge in [-0.05, 0) is 49.6 Å². The van der Waals surface area contributed by atoms with Gasteiger partial charge in [0.2, 0.25) is 0 Å².